The van der Waals surface area contributed by atoms with Gasteiger partial charge in [-0.05, 0) is 20.3 Å². The zero-order valence-corrected chi connectivity index (χ0v) is 12.3. The van der Waals surface area contributed by atoms with Gasteiger partial charge in [0, 0.05) is 36.7 Å². The van der Waals surface area contributed by atoms with Gasteiger partial charge < -0.3 is 15.0 Å². The van der Waals surface area contributed by atoms with Crippen LogP contribution >= 0.6 is 11.3 Å². The lowest BCUT2D eigenvalue weighted by Crippen LogP contribution is -2.42. The number of hydrogen-bond donors (Lipinski definition) is 1. The molecule has 2 rings (SSSR count). The summed E-state index contributed by atoms with van der Waals surface area (Å²) in [6, 6.07) is -0.0118. The number of thiazole rings is 1. The average Bonchev–Trinajstić information content (AvgIpc) is 3.04. The first-order valence-electron chi connectivity index (χ1n) is 6.70. The Labute approximate surface area is 118 Å². The minimum absolute atomic E-state index is 0.0118. The van der Waals surface area contributed by atoms with Crippen LogP contribution in [-0.4, -0.2) is 42.2 Å². The molecule has 0 unspecified atom stereocenters. The Morgan fingerprint density at radius 3 is 3.11 bits per heavy atom. The maximum atomic E-state index is 12.1. The molecule has 1 aromatic heterocycles. The van der Waals surface area contributed by atoms with E-state index in [0.717, 1.165) is 43.4 Å². The molecule has 0 aliphatic carbocycles. The summed E-state index contributed by atoms with van der Waals surface area (Å²) in [5, 5.41) is 5.88. The van der Waals surface area contributed by atoms with E-state index in [1.165, 1.54) is 0 Å². The molecule has 1 N–H and O–H groups in total. The van der Waals surface area contributed by atoms with Gasteiger partial charge in [-0.15, -0.1) is 11.3 Å². The molecule has 0 bridgehead atoms. The summed E-state index contributed by atoms with van der Waals surface area (Å²) in [7, 11) is 0. The summed E-state index contributed by atoms with van der Waals surface area (Å²) >= 11 is 1.58. The lowest BCUT2D eigenvalue weighted by Gasteiger charge is -2.23. The Balaban J connectivity index is 1.79. The van der Waals surface area contributed by atoms with Crippen LogP contribution in [0.2, 0.25) is 0 Å². The van der Waals surface area contributed by atoms with E-state index in [0.29, 0.717) is 12.5 Å². The molecule has 2 amide bonds. The number of nitrogens with zero attached hydrogens (tertiary/aromatic N) is 2. The van der Waals surface area contributed by atoms with Crippen LogP contribution in [0.1, 0.15) is 24.0 Å². The fraction of sp³-hybridized carbons (Fsp3) is 0.692. The Morgan fingerprint density at radius 1 is 1.68 bits per heavy atom. The maximum Gasteiger partial charge on any atom is 0.317 e. The molecule has 0 aromatic carbocycles. The van der Waals surface area contributed by atoms with Crippen molar-refractivity contribution in [1.29, 1.82) is 0 Å². The summed E-state index contributed by atoms with van der Waals surface area (Å²) in [5.41, 5.74) is 1.00. The van der Waals surface area contributed by atoms with Gasteiger partial charge >= 0.3 is 6.03 Å². The molecule has 0 saturated carbocycles. The van der Waals surface area contributed by atoms with Crippen LogP contribution in [0.3, 0.4) is 0 Å². The standard InChI is InChI=1S/C13H21N3O2S/c1-3-16(7-11-4-5-18-8-11)13(17)14-6-12-15-10(2)9-19-12/h9,11H,3-8H2,1-2H3,(H,14,17)/t11-/m0/s1. The molecule has 5 nitrogen and oxygen atoms in total. The minimum atomic E-state index is -0.0118. The molecule has 0 spiro atoms. The third kappa shape index (κ3) is 4.18. The number of urea groups is 1. The summed E-state index contributed by atoms with van der Waals surface area (Å²) in [4.78, 5) is 18.3. The van der Waals surface area contributed by atoms with Gasteiger partial charge in [-0.1, -0.05) is 0 Å². The van der Waals surface area contributed by atoms with Gasteiger partial charge in [-0.2, -0.15) is 0 Å². The van der Waals surface area contributed by atoms with Crippen LogP contribution in [0, 0.1) is 12.8 Å². The van der Waals surface area contributed by atoms with E-state index >= 15 is 0 Å². The highest BCUT2D eigenvalue weighted by atomic mass is 32.1. The second-order valence-corrected chi connectivity index (χ2v) is 5.75. The molecule has 2 heterocycles. The number of aromatic nitrogens is 1. The van der Waals surface area contributed by atoms with Gasteiger partial charge in [-0.3, -0.25) is 0 Å². The molecule has 1 atom stereocenters. The highest BCUT2D eigenvalue weighted by Gasteiger charge is 2.21. The van der Waals surface area contributed by atoms with Crippen molar-refractivity contribution in [3.8, 4) is 0 Å². The van der Waals surface area contributed by atoms with E-state index < -0.39 is 0 Å². The van der Waals surface area contributed by atoms with Crippen LogP contribution in [-0.2, 0) is 11.3 Å². The molecule has 106 valence electrons. The van der Waals surface area contributed by atoms with Gasteiger partial charge in [0.1, 0.15) is 5.01 Å². The fourth-order valence-corrected chi connectivity index (χ4v) is 2.85. The van der Waals surface area contributed by atoms with Gasteiger partial charge in [0.2, 0.25) is 0 Å². The first kappa shape index (κ1) is 14.3. The normalized spacial score (nSPS) is 18.5. The third-order valence-corrected chi connectivity index (χ3v) is 4.20. The average molecular weight is 283 g/mol. The number of nitrogens with one attached hydrogen (secondary N) is 1. The molecule has 1 saturated heterocycles. The molecular weight excluding hydrogens is 262 g/mol. The smallest absolute Gasteiger partial charge is 0.317 e. The number of amides is 2. The number of carbonyl (C=O) groups is 1. The van der Waals surface area contributed by atoms with Gasteiger partial charge in [0.05, 0.1) is 13.2 Å². The van der Waals surface area contributed by atoms with Gasteiger partial charge in [0.25, 0.3) is 0 Å². The Morgan fingerprint density at radius 2 is 2.53 bits per heavy atom. The van der Waals surface area contributed by atoms with Crippen LogP contribution < -0.4 is 5.32 Å². The van der Waals surface area contributed by atoms with Crippen molar-refractivity contribution >= 4 is 17.4 Å². The molecule has 19 heavy (non-hydrogen) atoms. The minimum Gasteiger partial charge on any atom is -0.381 e. The van der Waals surface area contributed by atoms with Crippen LogP contribution in [0.4, 0.5) is 4.79 Å². The van der Waals surface area contributed by atoms with Crippen molar-refractivity contribution in [2.45, 2.75) is 26.8 Å². The first-order chi connectivity index (χ1) is 9.19. The lowest BCUT2D eigenvalue weighted by molar-refractivity contribution is 0.166. The summed E-state index contributed by atoms with van der Waals surface area (Å²) in [5.74, 6) is 0.479. The predicted molar refractivity (Wildman–Crippen MR) is 75.3 cm³/mol. The van der Waals surface area contributed by atoms with E-state index in [2.05, 4.69) is 10.3 Å². The predicted octanol–water partition coefficient (Wildman–Crippen LogP) is 2.02. The van der Waals surface area contributed by atoms with Crippen molar-refractivity contribution < 1.29 is 9.53 Å². The van der Waals surface area contributed by atoms with Crippen LogP contribution in [0.25, 0.3) is 0 Å². The zero-order valence-electron chi connectivity index (χ0n) is 11.5. The van der Waals surface area contributed by atoms with Gasteiger partial charge in [-0.25, -0.2) is 9.78 Å². The molecule has 0 radical (unpaired) electrons. The molecule has 1 aliphatic heterocycles. The van der Waals surface area contributed by atoms with Crippen molar-refractivity contribution in [2.75, 3.05) is 26.3 Å². The lowest BCUT2D eigenvalue weighted by atomic mass is 10.1. The van der Waals surface area contributed by atoms with Gasteiger partial charge in [0.15, 0.2) is 0 Å². The topological polar surface area (TPSA) is 54.5 Å². The van der Waals surface area contributed by atoms with E-state index in [1.54, 1.807) is 11.3 Å². The summed E-state index contributed by atoms with van der Waals surface area (Å²) in [6.07, 6.45) is 1.05. The SMILES string of the molecule is CCN(C[C@@H]1CCOC1)C(=O)NCc1nc(C)cs1. The Kier molecular flexibility index (Phi) is 5.15. The highest BCUT2D eigenvalue weighted by molar-refractivity contribution is 7.09. The van der Waals surface area contributed by atoms with Crippen LogP contribution in [0.15, 0.2) is 5.38 Å². The van der Waals surface area contributed by atoms with Crippen LogP contribution in [0.5, 0.6) is 0 Å². The van der Waals surface area contributed by atoms with Crippen molar-refractivity contribution in [2.24, 2.45) is 5.92 Å². The zero-order chi connectivity index (χ0) is 13.7. The fourth-order valence-electron chi connectivity index (χ4n) is 2.14. The number of rotatable bonds is 5. The molecule has 1 aromatic rings. The van der Waals surface area contributed by atoms with E-state index in [-0.39, 0.29) is 6.03 Å². The first-order valence-corrected chi connectivity index (χ1v) is 7.58. The molecule has 6 heteroatoms. The van der Waals surface area contributed by atoms with E-state index in [9.17, 15) is 4.79 Å². The number of carbonyl (C=O) groups excluding carboxylic acids is 1. The maximum absolute atomic E-state index is 12.1. The van der Waals surface area contributed by atoms with E-state index in [4.69, 9.17) is 4.74 Å². The molecule has 1 fully saturated rings. The molecular formula is C13H21N3O2S. The quantitative estimate of drug-likeness (QED) is 0.899. The van der Waals surface area contributed by atoms with Crippen molar-refractivity contribution in [3.63, 3.8) is 0 Å². The number of hydrogen-bond acceptors (Lipinski definition) is 4. The second-order valence-electron chi connectivity index (χ2n) is 4.81. The Hall–Kier alpha value is -1.14. The summed E-state index contributed by atoms with van der Waals surface area (Å²) < 4.78 is 5.35. The van der Waals surface area contributed by atoms with Crippen molar-refractivity contribution in [3.05, 3.63) is 16.1 Å². The monoisotopic (exact) mass is 283 g/mol. The van der Waals surface area contributed by atoms with E-state index in [1.807, 2.05) is 24.1 Å². The van der Waals surface area contributed by atoms with Crippen molar-refractivity contribution in [1.82, 2.24) is 15.2 Å². The second kappa shape index (κ2) is 6.86. The third-order valence-electron chi connectivity index (χ3n) is 3.23. The number of ether oxygens (including phenoxy) is 1. The summed E-state index contributed by atoms with van der Waals surface area (Å²) in [6.45, 7) is 7.56. The number of aryl methyl sites for hydroxylation is 1. The Bertz CT molecular complexity index is 416. The largest absolute Gasteiger partial charge is 0.381 e. The highest BCUT2D eigenvalue weighted by Crippen LogP contribution is 2.14. The molecule has 1 aliphatic rings.